The number of urea groups is 1. The molecule has 3 aliphatic rings. The lowest BCUT2D eigenvalue weighted by molar-refractivity contribution is -0.139. The van der Waals surface area contributed by atoms with Crippen molar-refractivity contribution in [2.75, 3.05) is 20.1 Å². The second-order valence-electron chi connectivity index (χ2n) is 7.37. The lowest BCUT2D eigenvalue weighted by Gasteiger charge is -2.39. The highest BCUT2D eigenvalue weighted by molar-refractivity contribution is 6.06. The van der Waals surface area contributed by atoms with E-state index in [-0.39, 0.29) is 18.2 Å². The van der Waals surface area contributed by atoms with Crippen molar-refractivity contribution in [3.05, 3.63) is 47.8 Å². The second-order valence-corrected chi connectivity index (χ2v) is 7.37. The van der Waals surface area contributed by atoms with E-state index < -0.39 is 18.2 Å². The minimum absolute atomic E-state index is 0.213. The predicted octanol–water partition coefficient (Wildman–Crippen LogP) is 1.26. The topological polar surface area (TPSA) is 76.5 Å². The maximum atomic E-state index is 13.0. The first-order chi connectivity index (χ1) is 13.4. The molecule has 0 N–H and O–H groups in total. The van der Waals surface area contributed by atoms with Gasteiger partial charge in [0.1, 0.15) is 5.78 Å². The van der Waals surface area contributed by atoms with Crippen molar-refractivity contribution in [2.45, 2.75) is 32.5 Å². The van der Waals surface area contributed by atoms with Crippen LogP contribution in [0.5, 0.6) is 0 Å². The Kier molecular flexibility index (Phi) is 4.41. The van der Waals surface area contributed by atoms with E-state index in [1.165, 1.54) is 17.4 Å². The summed E-state index contributed by atoms with van der Waals surface area (Å²) in [4.78, 5) is 48.2. The number of carbonyl (C=O) groups excluding carboxylic acids is 3. The molecule has 3 amide bonds. The van der Waals surface area contributed by atoms with E-state index in [0.717, 1.165) is 23.6 Å². The van der Waals surface area contributed by atoms with Gasteiger partial charge in [0.25, 0.3) is 5.91 Å². The first-order valence-corrected chi connectivity index (χ1v) is 9.32. The number of guanidine groups is 1. The molecule has 2 unspecified atom stereocenters. The smallest absolute Gasteiger partial charge is 0.314 e. The molecule has 1 fully saturated rings. The molecule has 3 heterocycles. The third-order valence-corrected chi connectivity index (χ3v) is 5.35. The van der Waals surface area contributed by atoms with Gasteiger partial charge in [0.05, 0.1) is 6.54 Å². The Morgan fingerprint density at radius 1 is 1.14 bits per heavy atom. The summed E-state index contributed by atoms with van der Waals surface area (Å²) in [6.45, 7) is 3.86. The van der Waals surface area contributed by atoms with Gasteiger partial charge in [-0.05, 0) is 25.8 Å². The highest BCUT2D eigenvalue weighted by Crippen LogP contribution is 2.33. The van der Waals surface area contributed by atoms with Gasteiger partial charge in [-0.15, -0.1) is 0 Å². The number of imide groups is 1. The molecule has 28 heavy (non-hydrogen) atoms. The summed E-state index contributed by atoms with van der Waals surface area (Å²) in [5.74, 6) is 0.0717. The molecule has 1 aromatic carbocycles. The number of carbonyl (C=O) groups is 3. The maximum Gasteiger partial charge on any atom is 0.328 e. The molecule has 0 spiro atoms. The molecule has 2 atom stereocenters. The summed E-state index contributed by atoms with van der Waals surface area (Å²) in [6, 6.07) is 9.07. The fraction of sp³-hybridized carbons (Fsp3) is 0.400. The Morgan fingerprint density at radius 3 is 2.54 bits per heavy atom. The van der Waals surface area contributed by atoms with Gasteiger partial charge in [0.2, 0.25) is 5.96 Å². The molecule has 0 aliphatic carbocycles. The highest BCUT2D eigenvalue weighted by Gasteiger charge is 2.54. The second kappa shape index (κ2) is 6.78. The Bertz CT molecular complexity index is 894. The van der Waals surface area contributed by atoms with E-state index in [2.05, 4.69) is 17.0 Å². The molecule has 4 rings (SSSR count). The Labute approximate surface area is 163 Å². The summed E-state index contributed by atoms with van der Waals surface area (Å²) < 4.78 is 0. The molecule has 146 valence electrons. The van der Waals surface area contributed by atoms with Gasteiger partial charge in [-0.2, -0.15) is 0 Å². The van der Waals surface area contributed by atoms with E-state index in [0.29, 0.717) is 5.96 Å². The number of amides is 3. The molecule has 1 aromatic rings. The number of hydrogen-bond acceptors (Lipinski definition) is 6. The average Bonchev–Trinajstić information content (AvgIpc) is 3.17. The van der Waals surface area contributed by atoms with Gasteiger partial charge in [-0.3, -0.25) is 14.5 Å². The van der Waals surface area contributed by atoms with Crippen LogP contribution in [0.25, 0.3) is 0 Å². The molecular weight excluding hydrogens is 358 g/mol. The number of ketones is 1. The lowest BCUT2D eigenvalue weighted by atomic mass is 10.1. The predicted molar refractivity (Wildman–Crippen MR) is 103 cm³/mol. The molecule has 8 nitrogen and oxygen atoms in total. The third kappa shape index (κ3) is 2.85. The van der Waals surface area contributed by atoms with E-state index in [1.54, 1.807) is 7.05 Å². The minimum atomic E-state index is -0.631. The average molecular weight is 381 g/mol. The third-order valence-electron chi connectivity index (χ3n) is 5.35. The number of aliphatic imine (C=N–C) groups is 1. The van der Waals surface area contributed by atoms with E-state index >= 15 is 0 Å². The van der Waals surface area contributed by atoms with Crippen LogP contribution in [-0.4, -0.2) is 75.6 Å². The normalized spacial score (nSPS) is 23.7. The number of fused-ring (bicyclic) bond motifs is 3. The molecule has 0 aromatic heterocycles. The molecule has 8 heteroatoms. The number of Topliss-reactive ketones (excluding diaryl/α,β-unsaturated/α-hetero) is 1. The van der Waals surface area contributed by atoms with Crippen LogP contribution in [0.1, 0.15) is 19.4 Å². The van der Waals surface area contributed by atoms with Crippen molar-refractivity contribution >= 4 is 23.7 Å². The summed E-state index contributed by atoms with van der Waals surface area (Å²) >= 11 is 0. The van der Waals surface area contributed by atoms with Gasteiger partial charge in [0, 0.05) is 25.5 Å². The zero-order valence-electron chi connectivity index (χ0n) is 16.2. The van der Waals surface area contributed by atoms with Crippen molar-refractivity contribution in [2.24, 2.45) is 4.99 Å². The van der Waals surface area contributed by atoms with Crippen LogP contribution < -0.4 is 0 Å². The Hall–Kier alpha value is -3.16. The van der Waals surface area contributed by atoms with E-state index in [4.69, 9.17) is 4.99 Å². The quantitative estimate of drug-likeness (QED) is 0.767. The van der Waals surface area contributed by atoms with E-state index in [1.807, 2.05) is 36.2 Å². The van der Waals surface area contributed by atoms with Crippen LogP contribution in [0.2, 0.25) is 0 Å². The highest BCUT2D eigenvalue weighted by atomic mass is 16.2. The zero-order chi connectivity index (χ0) is 20.0. The Morgan fingerprint density at radius 2 is 1.86 bits per heavy atom. The first-order valence-electron chi connectivity index (χ1n) is 9.32. The van der Waals surface area contributed by atoms with Gasteiger partial charge in [-0.25, -0.2) is 9.79 Å². The van der Waals surface area contributed by atoms with Crippen molar-refractivity contribution in [1.29, 1.82) is 0 Å². The van der Waals surface area contributed by atoms with Crippen LogP contribution >= 0.6 is 0 Å². The van der Waals surface area contributed by atoms with Gasteiger partial charge in [0.15, 0.2) is 12.2 Å². The van der Waals surface area contributed by atoms with Crippen molar-refractivity contribution in [1.82, 2.24) is 19.6 Å². The largest absolute Gasteiger partial charge is 0.328 e. The van der Waals surface area contributed by atoms with Crippen molar-refractivity contribution < 1.29 is 14.4 Å². The number of allylic oxidation sites excluding steroid dienone is 1. The summed E-state index contributed by atoms with van der Waals surface area (Å²) in [7, 11) is 1.62. The summed E-state index contributed by atoms with van der Waals surface area (Å²) in [5.41, 5.74) is 2.22. The summed E-state index contributed by atoms with van der Waals surface area (Å²) in [6.07, 6.45) is 2.16. The monoisotopic (exact) mass is 381 g/mol. The molecule has 0 saturated carbocycles. The van der Waals surface area contributed by atoms with Crippen LogP contribution in [0, 0.1) is 0 Å². The molecule has 3 aliphatic heterocycles. The fourth-order valence-electron chi connectivity index (χ4n) is 3.93. The number of rotatable bonds is 5. The number of likely N-dealkylation sites (N-methyl/N-ethyl adjacent to an activating group) is 1. The number of hydrogen-bond donors (Lipinski definition) is 0. The van der Waals surface area contributed by atoms with Crippen molar-refractivity contribution in [3.63, 3.8) is 0 Å². The van der Waals surface area contributed by atoms with Crippen LogP contribution in [0.15, 0.2) is 47.2 Å². The first kappa shape index (κ1) is 18.2. The number of nitrogens with zero attached hydrogens (tertiary/aromatic N) is 5. The van der Waals surface area contributed by atoms with E-state index in [9.17, 15) is 14.4 Å². The van der Waals surface area contributed by atoms with Gasteiger partial charge in [-0.1, -0.05) is 30.3 Å². The zero-order valence-corrected chi connectivity index (χ0v) is 16.2. The Balaban J connectivity index is 1.57. The van der Waals surface area contributed by atoms with Crippen molar-refractivity contribution in [3.8, 4) is 0 Å². The maximum absolute atomic E-state index is 13.0. The minimum Gasteiger partial charge on any atom is -0.314 e. The van der Waals surface area contributed by atoms with Crippen LogP contribution in [0.3, 0.4) is 0 Å². The standard InChI is InChI=1S/C20H23N5O3/c1-13-11-24-16-17(22(3)20(28)25(18(16)27)12-14(2)26)21-19(24)23(13)10-9-15-7-5-4-6-8-15/h4-8,11,16-17H,9-10,12H2,1-3H3. The van der Waals surface area contributed by atoms with Gasteiger partial charge >= 0.3 is 6.03 Å². The number of benzene rings is 1. The molecule has 1 saturated heterocycles. The summed E-state index contributed by atoms with van der Waals surface area (Å²) in [5, 5.41) is 0. The molecular formula is C20H23N5O3. The molecule has 0 bridgehead atoms. The van der Waals surface area contributed by atoms with Crippen LogP contribution in [-0.2, 0) is 16.0 Å². The fourth-order valence-corrected chi connectivity index (χ4v) is 3.93. The van der Waals surface area contributed by atoms with Gasteiger partial charge < -0.3 is 14.7 Å². The lowest BCUT2D eigenvalue weighted by Crippen LogP contribution is -2.64. The van der Waals surface area contributed by atoms with Crippen LogP contribution in [0.4, 0.5) is 4.79 Å². The molecule has 0 radical (unpaired) electrons. The SMILES string of the molecule is CC(=O)CN1C(=O)C2C(N=C3N(CCc4ccccc4)C(C)=CN32)N(C)C1=O.